The van der Waals surface area contributed by atoms with E-state index in [0.717, 1.165) is 36.4 Å². The maximum atomic E-state index is 12.7. The van der Waals surface area contributed by atoms with Gasteiger partial charge in [0.15, 0.2) is 5.78 Å². The molecule has 0 unspecified atom stereocenters. The SMILES string of the molecule is NC1=CC(=O)C2=CC(=NNc3ccc(N=Nc4ccc(N=Nc5ccc6cc(S(=O)(=O)O)cc(S(=O)(=O)O)c6c5)c5ccccc45)c4cc(S(=O)(=O)O)ccc34)C(S(=O)(=O)O)=CC2=C1. The molecule has 0 aromatic heterocycles. The lowest BCUT2D eigenvalue weighted by molar-refractivity contribution is -0.111. The number of carbonyl (C=O) groups excluding carboxylic acids is 1. The van der Waals surface area contributed by atoms with E-state index in [1.54, 1.807) is 36.4 Å². The van der Waals surface area contributed by atoms with Crippen molar-refractivity contribution in [3.05, 3.63) is 143 Å². The van der Waals surface area contributed by atoms with Crippen molar-refractivity contribution in [2.75, 3.05) is 5.43 Å². The third-order valence-electron chi connectivity index (χ3n) is 9.72. The molecule has 0 aliphatic heterocycles. The van der Waals surface area contributed by atoms with Crippen LogP contribution in [0.2, 0.25) is 0 Å². The summed E-state index contributed by atoms with van der Waals surface area (Å²) in [5, 5.41) is 23.0. The van der Waals surface area contributed by atoms with Crippen molar-refractivity contribution in [1.82, 2.24) is 0 Å². The predicted octanol–water partition coefficient (Wildman–Crippen LogP) is 7.55. The molecular formula is C40H27N7O13S4. The normalized spacial score (nSPS) is 15.8. The molecule has 0 atom stereocenters. The second kappa shape index (κ2) is 15.9. The van der Waals surface area contributed by atoms with Crippen LogP contribution in [0.4, 0.5) is 28.4 Å². The maximum Gasteiger partial charge on any atom is 0.296 e. The molecule has 0 radical (unpaired) electrons. The van der Waals surface area contributed by atoms with E-state index in [-0.39, 0.29) is 61.2 Å². The Hall–Kier alpha value is -7.16. The number of allylic oxidation sites excluding steroid dienone is 7. The number of hydrogen-bond acceptors (Lipinski definition) is 16. The number of hydrogen-bond donors (Lipinski definition) is 6. The van der Waals surface area contributed by atoms with E-state index in [1.807, 2.05) is 0 Å². The van der Waals surface area contributed by atoms with E-state index in [2.05, 4.69) is 31.0 Å². The Bertz CT molecular complexity index is 3790. The molecule has 20 nitrogen and oxygen atoms in total. The van der Waals surface area contributed by atoms with Crippen molar-refractivity contribution in [2.24, 2.45) is 31.3 Å². The average Bonchev–Trinajstić information content (AvgIpc) is 3.22. The van der Waals surface area contributed by atoms with Crippen molar-refractivity contribution >= 4 is 113 Å². The second-order valence-corrected chi connectivity index (χ2v) is 19.5. The molecule has 0 bridgehead atoms. The molecule has 0 fully saturated rings. The molecule has 0 heterocycles. The highest BCUT2D eigenvalue weighted by molar-refractivity contribution is 7.91. The predicted molar refractivity (Wildman–Crippen MR) is 234 cm³/mol. The zero-order valence-electron chi connectivity index (χ0n) is 32.0. The van der Waals surface area contributed by atoms with E-state index in [1.165, 1.54) is 42.5 Å². The fourth-order valence-corrected chi connectivity index (χ4v) is 9.31. The first-order valence-electron chi connectivity index (χ1n) is 18.0. The first-order valence-corrected chi connectivity index (χ1v) is 23.7. The van der Waals surface area contributed by atoms with Crippen LogP contribution in [-0.2, 0) is 45.3 Å². The number of anilines is 1. The summed E-state index contributed by atoms with van der Waals surface area (Å²) in [5.74, 6) is -0.527. The summed E-state index contributed by atoms with van der Waals surface area (Å²) in [6, 6.07) is 22.1. The van der Waals surface area contributed by atoms with Gasteiger partial charge in [0.25, 0.3) is 40.5 Å². The first-order chi connectivity index (χ1) is 30.0. The van der Waals surface area contributed by atoms with Crippen LogP contribution in [0.15, 0.2) is 183 Å². The largest absolute Gasteiger partial charge is 0.399 e. The zero-order valence-corrected chi connectivity index (χ0v) is 35.2. The van der Waals surface area contributed by atoms with Gasteiger partial charge in [0.05, 0.1) is 38.2 Å². The fraction of sp³-hybridized carbons (Fsp3) is 0. The molecule has 324 valence electrons. The molecule has 6 aromatic carbocycles. The summed E-state index contributed by atoms with van der Waals surface area (Å²) in [5.41, 5.74) is 9.45. The third-order valence-corrected chi connectivity index (χ3v) is 13.2. The molecule has 6 aromatic rings. The van der Waals surface area contributed by atoms with Gasteiger partial charge < -0.3 is 5.73 Å². The number of nitrogens with zero attached hydrogens (tertiary/aromatic N) is 5. The summed E-state index contributed by atoms with van der Waals surface area (Å²) in [4.78, 5) is 10.0. The van der Waals surface area contributed by atoms with Crippen LogP contribution < -0.4 is 11.2 Å². The number of ketones is 1. The fourth-order valence-electron chi connectivity index (χ4n) is 6.81. The summed E-state index contributed by atoms with van der Waals surface area (Å²) >= 11 is 0. The Morgan fingerprint density at radius 2 is 1.14 bits per heavy atom. The molecule has 24 heteroatoms. The molecule has 8 rings (SSSR count). The number of rotatable bonds is 10. The van der Waals surface area contributed by atoms with Gasteiger partial charge in [0.1, 0.15) is 15.5 Å². The minimum Gasteiger partial charge on any atom is -0.399 e. The Kier molecular flexibility index (Phi) is 10.8. The Balaban J connectivity index is 1.15. The quantitative estimate of drug-likeness (QED) is 0.0438. The van der Waals surface area contributed by atoms with Gasteiger partial charge in [0, 0.05) is 44.3 Å². The van der Waals surface area contributed by atoms with Gasteiger partial charge in [-0.15, -0.1) is 15.3 Å². The van der Waals surface area contributed by atoms with Crippen molar-refractivity contribution < 1.29 is 56.7 Å². The Labute approximate surface area is 362 Å². The van der Waals surface area contributed by atoms with E-state index in [4.69, 9.17) is 5.73 Å². The van der Waals surface area contributed by atoms with Crippen molar-refractivity contribution in [1.29, 1.82) is 0 Å². The summed E-state index contributed by atoms with van der Waals surface area (Å²) in [6.07, 6.45) is 4.70. The number of carbonyl (C=O) groups is 1. The smallest absolute Gasteiger partial charge is 0.296 e. The molecule has 0 saturated heterocycles. The topological polar surface area (TPSA) is 334 Å². The molecule has 0 amide bonds. The van der Waals surface area contributed by atoms with Gasteiger partial charge in [-0.25, -0.2) is 0 Å². The highest BCUT2D eigenvalue weighted by atomic mass is 32.2. The highest BCUT2D eigenvalue weighted by Crippen LogP contribution is 2.39. The van der Waals surface area contributed by atoms with Crippen LogP contribution in [0.5, 0.6) is 0 Å². The number of azo groups is 2. The van der Waals surface area contributed by atoms with Crippen LogP contribution in [0.1, 0.15) is 0 Å². The molecule has 64 heavy (non-hydrogen) atoms. The summed E-state index contributed by atoms with van der Waals surface area (Å²) in [7, 11) is -19.4. The Morgan fingerprint density at radius 1 is 0.516 bits per heavy atom. The van der Waals surface area contributed by atoms with Gasteiger partial charge in [-0.1, -0.05) is 36.4 Å². The van der Waals surface area contributed by atoms with E-state index < -0.39 is 65.8 Å². The molecule has 2 aliphatic rings. The highest BCUT2D eigenvalue weighted by Gasteiger charge is 2.29. The molecule has 2 aliphatic carbocycles. The molecule has 7 N–H and O–H groups in total. The van der Waals surface area contributed by atoms with Crippen LogP contribution in [-0.4, -0.2) is 63.4 Å². The maximum absolute atomic E-state index is 12.7. The minimum atomic E-state index is -4.96. The van der Waals surface area contributed by atoms with Crippen molar-refractivity contribution in [3.8, 4) is 0 Å². The molecule has 0 saturated carbocycles. The number of nitrogens with two attached hydrogens (primary N) is 1. The molecule has 0 spiro atoms. The van der Waals surface area contributed by atoms with Gasteiger partial charge in [-0.05, 0) is 89.9 Å². The third kappa shape index (κ3) is 8.74. The van der Waals surface area contributed by atoms with E-state index in [0.29, 0.717) is 28.2 Å². The average molecular weight is 942 g/mol. The lowest BCUT2D eigenvalue weighted by atomic mass is 9.90. The lowest BCUT2D eigenvalue weighted by Gasteiger charge is -2.18. The monoisotopic (exact) mass is 941 g/mol. The standard InChI is InChI=1S/C40H27N7O13S4/c41-23-13-22-15-40(64(58,59)60)37(20-30(22)38(48)16-23)47-45-35-11-12-36(32-18-25(61(49,50)51)7-8-29(32)35)46-44-34-10-9-33(27-3-1-2-4-28(27)34)43-42-24-6-5-21-14-26(62(52,53)54)19-39(31(21)17-24)63(55,56)57/h1-20,45H,41H2,(H,49,50,51)(H,52,53,54)(H,55,56,57)(H,58,59,60). The summed E-state index contributed by atoms with van der Waals surface area (Å²) < 4.78 is 136. The van der Waals surface area contributed by atoms with Crippen molar-refractivity contribution in [2.45, 2.75) is 14.7 Å². The van der Waals surface area contributed by atoms with E-state index in [9.17, 15) is 56.7 Å². The van der Waals surface area contributed by atoms with Gasteiger partial charge in [0.2, 0.25) is 0 Å². The lowest BCUT2D eigenvalue weighted by Crippen LogP contribution is -2.21. The number of fused-ring (bicyclic) bond motifs is 4. The van der Waals surface area contributed by atoms with Crippen LogP contribution in [0.3, 0.4) is 0 Å². The number of nitrogens with one attached hydrogen (secondary N) is 1. The van der Waals surface area contributed by atoms with Crippen LogP contribution >= 0.6 is 0 Å². The van der Waals surface area contributed by atoms with Crippen LogP contribution in [0, 0.1) is 0 Å². The Morgan fingerprint density at radius 3 is 1.77 bits per heavy atom. The van der Waals surface area contributed by atoms with Gasteiger partial charge in [-0.3, -0.25) is 28.4 Å². The minimum absolute atomic E-state index is 0.0616. The molecular weight excluding hydrogens is 915 g/mol. The van der Waals surface area contributed by atoms with Crippen molar-refractivity contribution in [3.63, 3.8) is 0 Å². The number of benzene rings is 6. The van der Waals surface area contributed by atoms with Gasteiger partial charge in [-0.2, -0.15) is 43.9 Å². The van der Waals surface area contributed by atoms with E-state index >= 15 is 0 Å². The summed E-state index contributed by atoms with van der Waals surface area (Å²) in [6.45, 7) is 0. The van der Waals surface area contributed by atoms with Crippen LogP contribution in [0.25, 0.3) is 32.3 Å². The van der Waals surface area contributed by atoms with Gasteiger partial charge >= 0.3 is 0 Å². The second-order valence-electron chi connectivity index (χ2n) is 13.9. The zero-order chi connectivity index (χ0) is 45.9. The first kappa shape index (κ1) is 43.5. The number of hydrazone groups is 1.